The molecule has 1 unspecified atom stereocenters. The van der Waals surface area contributed by atoms with Crippen LogP contribution in [-0.2, 0) is 14.3 Å². The second kappa shape index (κ2) is 8.02. The third kappa shape index (κ3) is 4.07. The van der Waals surface area contributed by atoms with Crippen molar-refractivity contribution in [3.05, 3.63) is 33.8 Å². The number of hydrogen-bond acceptors (Lipinski definition) is 7. The third-order valence-corrected chi connectivity index (χ3v) is 5.31. The van der Waals surface area contributed by atoms with Gasteiger partial charge >= 0.3 is 0 Å². The molecule has 0 spiro atoms. The number of aromatic nitrogens is 2. The number of fused-ring (bicyclic) bond motifs is 1. The zero-order valence-electron chi connectivity index (χ0n) is 15.2. The van der Waals surface area contributed by atoms with Crippen LogP contribution in [0.25, 0.3) is 0 Å². The lowest BCUT2D eigenvalue weighted by atomic mass is 9.92. The molecule has 152 valence electrons. The van der Waals surface area contributed by atoms with Gasteiger partial charge in [-0.1, -0.05) is 23.2 Å². The van der Waals surface area contributed by atoms with Crippen molar-refractivity contribution in [3.63, 3.8) is 0 Å². The first-order chi connectivity index (χ1) is 13.9. The van der Waals surface area contributed by atoms with Gasteiger partial charge in [-0.05, 0) is 18.2 Å². The van der Waals surface area contributed by atoms with Gasteiger partial charge in [0.15, 0.2) is 0 Å². The molecule has 2 aromatic rings. The number of anilines is 4. The Morgan fingerprint density at radius 1 is 1.28 bits per heavy atom. The van der Waals surface area contributed by atoms with Crippen LogP contribution in [-0.4, -0.2) is 48.1 Å². The first kappa shape index (κ1) is 19.7. The van der Waals surface area contributed by atoms with Crippen molar-refractivity contribution in [3.8, 4) is 0 Å². The van der Waals surface area contributed by atoms with Crippen LogP contribution < -0.4 is 21.3 Å². The maximum atomic E-state index is 12.9. The molecule has 29 heavy (non-hydrogen) atoms. The fraction of sp³-hybridized carbons (Fsp3) is 0.333. The highest BCUT2D eigenvalue weighted by molar-refractivity contribution is 6.36. The largest absolute Gasteiger partial charge is 0.383 e. The predicted molar refractivity (Wildman–Crippen MR) is 111 cm³/mol. The van der Waals surface area contributed by atoms with Crippen LogP contribution in [0.3, 0.4) is 0 Å². The zero-order chi connectivity index (χ0) is 20.5. The van der Waals surface area contributed by atoms with Crippen LogP contribution >= 0.6 is 23.2 Å². The van der Waals surface area contributed by atoms with Gasteiger partial charge in [0.25, 0.3) is 0 Å². The van der Waals surface area contributed by atoms with E-state index in [1.54, 1.807) is 12.1 Å². The minimum absolute atomic E-state index is 0.0749. The number of hydrogen-bond donors (Lipinski definition) is 3. The van der Waals surface area contributed by atoms with Crippen molar-refractivity contribution in [2.45, 2.75) is 12.3 Å². The summed E-state index contributed by atoms with van der Waals surface area (Å²) in [4.78, 5) is 35.9. The predicted octanol–water partition coefficient (Wildman–Crippen LogP) is 2.27. The molecule has 0 bridgehead atoms. The molecule has 1 aromatic carbocycles. The normalized spacial score (nSPS) is 18.8. The highest BCUT2D eigenvalue weighted by Gasteiger charge is 2.35. The van der Waals surface area contributed by atoms with E-state index < -0.39 is 11.8 Å². The van der Waals surface area contributed by atoms with Gasteiger partial charge < -0.3 is 26.0 Å². The smallest absolute Gasteiger partial charge is 0.232 e. The van der Waals surface area contributed by atoms with Gasteiger partial charge in [-0.25, -0.2) is 0 Å². The zero-order valence-corrected chi connectivity index (χ0v) is 16.8. The summed E-state index contributed by atoms with van der Waals surface area (Å²) in [6.07, 6.45) is -0.0749. The molecule has 9 nitrogen and oxygen atoms in total. The molecule has 0 radical (unpaired) electrons. The molecule has 1 fully saturated rings. The SMILES string of the molecule is Nc1nc(N2CCOCC2)nc2c1C(C(=O)Nc1ccc(Cl)cc1Cl)CC(=O)N2. The van der Waals surface area contributed by atoms with Crippen LogP contribution in [0.15, 0.2) is 18.2 Å². The number of morpholine rings is 1. The van der Waals surface area contributed by atoms with Crippen LogP contribution in [0.4, 0.5) is 23.3 Å². The minimum Gasteiger partial charge on any atom is -0.383 e. The van der Waals surface area contributed by atoms with Crippen molar-refractivity contribution in [1.29, 1.82) is 0 Å². The number of ether oxygens (including phenoxy) is 1. The summed E-state index contributed by atoms with van der Waals surface area (Å²) in [7, 11) is 0. The van der Waals surface area contributed by atoms with Crippen molar-refractivity contribution >= 4 is 58.3 Å². The van der Waals surface area contributed by atoms with Crippen LogP contribution in [0, 0.1) is 0 Å². The Kier molecular flexibility index (Phi) is 5.44. The third-order valence-electron chi connectivity index (χ3n) is 4.76. The maximum Gasteiger partial charge on any atom is 0.232 e. The second-order valence-electron chi connectivity index (χ2n) is 6.69. The Morgan fingerprint density at radius 3 is 2.76 bits per heavy atom. The van der Waals surface area contributed by atoms with E-state index in [9.17, 15) is 9.59 Å². The summed E-state index contributed by atoms with van der Waals surface area (Å²) in [5.74, 6) is -0.807. The maximum absolute atomic E-state index is 12.9. The Labute approximate surface area is 176 Å². The number of nitrogens with two attached hydrogens (primary N) is 1. The number of nitrogens with one attached hydrogen (secondary N) is 2. The average Bonchev–Trinajstić information content (AvgIpc) is 2.69. The molecular formula is C18H18Cl2N6O3. The Hall–Kier alpha value is -2.62. The molecule has 4 rings (SSSR count). The molecule has 4 N–H and O–H groups in total. The highest BCUT2D eigenvalue weighted by atomic mass is 35.5. The molecule has 3 heterocycles. The molecule has 0 saturated carbocycles. The highest BCUT2D eigenvalue weighted by Crippen LogP contribution is 2.37. The second-order valence-corrected chi connectivity index (χ2v) is 7.53. The monoisotopic (exact) mass is 436 g/mol. The lowest BCUT2D eigenvalue weighted by Gasteiger charge is -2.30. The van der Waals surface area contributed by atoms with Crippen LogP contribution in [0.2, 0.25) is 10.0 Å². The number of nitrogens with zero attached hydrogens (tertiary/aromatic N) is 3. The van der Waals surface area contributed by atoms with E-state index >= 15 is 0 Å². The summed E-state index contributed by atoms with van der Waals surface area (Å²) >= 11 is 12.0. The number of carbonyl (C=O) groups excluding carboxylic acids is 2. The fourth-order valence-electron chi connectivity index (χ4n) is 3.32. The molecule has 1 atom stereocenters. The van der Waals surface area contributed by atoms with E-state index in [2.05, 4.69) is 20.6 Å². The molecule has 11 heteroatoms. The van der Waals surface area contributed by atoms with Gasteiger partial charge in [0.1, 0.15) is 11.6 Å². The molecule has 1 aromatic heterocycles. The number of carbonyl (C=O) groups is 2. The van der Waals surface area contributed by atoms with Gasteiger partial charge in [-0.2, -0.15) is 9.97 Å². The quantitative estimate of drug-likeness (QED) is 0.673. The van der Waals surface area contributed by atoms with Crippen molar-refractivity contribution in [2.24, 2.45) is 0 Å². The summed E-state index contributed by atoms with van der Waals surface area (Å²) in [6.45, 7) is 2.34. The lowest BCUT2D eigenvalue weighted by Crippen LogP contribution is -2.38. The van der Waals surface area contributed by atoms with Crippen molar-refractivity contribution in [2.75, 3.05) is 47.6 Å². The first-order valence-corrected chi connectivity index (χ1v) is 9.74. The summed E-state index contributed by atoms with van der Waals surface area (Å²) in [5, 5.41) is 6.16. The minimum atomic E-state index is -0.843. The first-order valence-electron chi connectivity index (χ1n) is 8.98. The van der Waals surface area contributed by atoms with Gasteiger partial charge in [0, 0.05) is 24.5 Å². The van der Waals surface area contributed by atoms with E-state index in [0.29, 0.717) is 53.5 Å². The average molecular weight is 437 g/mol. The van der Waals surface area contributed by atoms with E-state index in [-0.39, 0.29) is 24.0 Å². The van der Waals surface area contributed by atoms with E-state index in [1.807, 2.05) is 4.90 Å². The van der Waals surface area contributed by atoms with E-state index in [4.69, 9.17) is 33.7 Å². The van der Waals surface area contributed by atoms with Crippen LogP contribution in [0.1, 0.15) is 17.9 Å². The standard InChI is InChI=1S/C18H18Cl2N6O3/c19-9-1-2-12(11(20)7-9)22-17(28)10-8-13(27)23-16-14(10)15(21)24-18(25-16)26-3-5-29-6-4-26/h1-2,7,10H,3-6,8H2,(H,22,28)(H3,21,23,24,25,27). The van der Waals surface area contributed by atoms with E-state index in [1.165, 1.54) is 6.07 Å². The van der Waals surface area contributed by atoms with Gasteiger partial charge in [-0.3, -0.25) is 9.59 Å². The fourth-order valence-corrected chi connectivity index (χ4v) is 3.78. The molecule has 2 amide bonds. The van der Waals surface area contributed by atoms with Gasteiger partial charge in [0.05, 0.1) is 35.4 Å². The number of amides is 2. The van der Waals surface area contributed by atoms with Crippen molar-refractivity contribution < 1.29 is 14.3 Å². The summed E-state index contributed by atoms with van der Waals surface area (Å²) < 4.78 is 5.33. The molecule has 1 saturated heterocycles. The molecular weight excluding hydrogens is 419 g/mol. The Bertz CT molecular complexity index is 980. The lowest BCUT2D eigenvalue weighted by molar-refractivity contribution is -0.123. The Balaban J connectivity index is 1.64. The Morgan fingerprint density at radius 2 is 2.03 bits per heavy atom. The van der Waals surface area contributed by atoms with Crippen LogP contribution in [0.5, 0.6) is 0 Å². The number of nitrogen functional groups attached to an aromatic ring is 1. The molecule has 2 aliphatic rings. The molecule has 0 aliphatic carbocycles. The summed E-state index contributed by atoms with van der Waals surface area (Å²) in [6, 6.07) is 4.72. The number of halogens is 2. The van der Waals surface area contributed by atoms with Gasteiger partial charge in [-0.15, -0.1) is 0 Å². The summed E-state index contributed by atoms with van der Waals surface area (Å²) in [5.41, 5.74) is 6.96. The number of benzene rings is 1. The molecule has 2 aliphatic heterocycles. The van der Waals surface area contributed by atoms with Gasteiger partial charge in [0.2, 0.25) is 17.8 Å². The number of rotatable bonds is 3. The topological polar surface area (TPSA) is 122 Å². The van der Waals surface area contributed by atoms with Crippen molar-refractivity contribution in [1.82, 2.24) is 9.97 Å². The van der Waals surface area contributed by atoms with E-state index in [0.717, 1.165) is 0 Å².